The van der Waals surface area contributed by atoms with Crippen LogP contribution in [0.2, 0.25) is 0 Å². The van der Waals surface area contributed by atoms with Gasteiger partial charge in [-0.1, -0.05) is 24.3 Å². The number of fused-ring (bicyclic) bond motifs is 5. The Balaban J connectivity index is 0.000000361. The second-order valence-electron chi connectivity index (χ2n) is 5.66. The van der Waals surface area contributed by atoms with Gasteiger partial charge in [-0.3, -0.25) is 9.59 Å². The Morgan fingerprint density at radius 1 is 1.33 bits per heavy atom. The van der Waals surface area contributed by atoms with E-state index in [0.29, 0.717) is 5.92 Å². The van der Waals surface area contributed by atoms with Gasteiger partial charge >= 0.3 is 5.97 Å². The summed E-state index contributed by atoms with van der Waals surface area (Å²) in [5, 5.41) is 17.2. The van der Waals surface area contributed by atoms with Crippen LogP contribution in [0.4, 0.5) is 0 Å². The monoisotopic (exact) mass is 292 g/mol. The highest BCUT2D eigenvalue weighted by atomic mass is 16.5. The van der Waals surface area contributed by atoms with E-state index in [0.717, 1.165) is 19.8 Å². The van der Waals surface area contributed by atoms with Crippen LogP contribution in [0, 0.1) is 0 Å². The zero-order chi connectivity index (χ0) is 15.6. The van der Waals surface area contributed by atoms with Crippen molar-refractivity contribution in [1.29, 1.82) is 0 Å². The standard InChI is InChI=1S/C14H16O3.C2H4O2/c1-9(16)17-13-6-10-7-14(13,8-15)12-5-3-2-4-11(10)12;1-2(3)4/h2-5,10,13,15H,6-8H2,1H3;1H3,(H,3,4). The van der Waals surface area contributed by atoms with Crippen LogP contribution in [-0.4, -0.2) is 34.9 Å². The highest BCUT2D eigenvalue weighted by molar-refractivity contribution is 5.67. The van der Waals surface area contributed by atoms with Gasteiger partial charge in [0.05, 0.1) is 12.0 Å². The van der Waals surface area contributed by atoms with Crippen LogP contribution in [0.1, 0.15) is 43.7 Å². The molecular weight excluding hydrogens is 272 g/mol. The Kier molecular flexibility index (Phi) is 4.32. The van der Waals surface area contributed by atoms with Crippen LogP contribution in [0.3, 0.4) is 0 Å². The molecule has 2 aliphatic carbocycles. The van der Waals surface area contributed by atoms with Crippen molar-refractivity contribution >= 4 is 11.9 Å². The minimum Gasteiger partial charge on any atom is -0.481 e. The fourth-order valence-electron chi connectivity index (χ4n) is 3.58. The molecule has 0 spiro atoms. The smallest absolute Gasteiger partial charge is 0.302 e. The molecule has 3 atom stereocenters. The number of carboxylic acid groups (broad SMARTS) is 1. The lowest BCUT2D eigenvalue weighted by Crippen LogP contribution is -2.41. The third-order valence-corrected chi connectivity index (χ3v) is 4.25. The molecule has 114 valence electrons. The maximum atomic E-state index is 11.1. The van der Waals surface area contributed by atoms with Gasteiger partial charge in [0.2, 0.25) is 0 Å². The molecule has 5 nitrogen and oxygen atoms in total. The number of hydrogen-bond acceptors (Lipinski definition) is 4. The van der Waals surface area contributed by atoms with Crippen LogP contribution < -0.4 is 0 Å². The molecule has 2 aliphatic rings. The van der Waals surface area contributed by atoms with Gasteiger partial charge in [0, 0.05) is 13.8 Å². The van der Waals surface area contributed by atoms with Crippen molar-refractivity contribution in [2.24, 2.45) is 0 Å². The number of aliphatic carboxylic acids is 1. The van der Waals surface area contributed by atoms with Crippen LogP contribution >= 0.6 is 0 Å². The second kappa shape index (κ2) is 5.85. The molecule has 1 aromatic rings. The van der Waals surface area contributed by atoms with E-state index in [9.17, 15) is 9.90 Å². The number of ether oxygens (including phenoxy) is 1. The number of rotatable bonds is 2. The third-order valence-electron chi connectivity index (χ3n) is 4.25. The Morgan fingerprint density at radius 3 is 2.52 bits per heavy atom. The van der Waals surface area contributed by atoms with Gasteiger partial charge in [0.25, 0.3) is 5.97 Å². The minimum absolute atomic E-state index is 0.0540. The third kappa shape index (κ3) is 2.78. The Hall–Kier alpha value is -1.88. The molecule has 0 aromatic heterocycles. The number of aliphatic hydroxyl groups is 1. The fourth-order valence-corrected chi connectivity index (χ4v) is 3.58. The van der Waals surface area contributed by atoms with E-state index in [2.05, 4.69) is 12.1 Å². The van der Waals surface area contributed by atoms with Gasteiger partial charge in [-0.25, -0.2) is 0 Å². The largest absolute Gasteiger partial charge is 0.481 e. The number of carboxylic acids is 1. The molecule has 0 saturated heterocycles. The summed E-state index contributed by atoms with van der Waals surface area (Å²) in [6, 6.07) is 8.20. The Labute approximate surface area is 123 Å². The molecule has 1 aromatic carbocycles. The first-order valence-electron chi connectivity index (χ1n) is 6.97. The summed E-state index contributed by atoms with van der Waals surface area (Å²) in [4.78, 5) is 20.1. The molecule has 0 aliphatic heterocycles. The summed E-state index contributed by atoms with van der Waals surface area (Å²) in [5.74, 6) is -0.657. The van der Waals surface area contributed by atoms with E-state index >= 15 is 0 Å². The van der Waals surface area contributed by atoms with Gasteiger partial charge in [0.1, 0.15) is 6.10 Å². The molecule has 2 bridgehead atoms. The molecule has 5 heteroatoms. The summed E-state index contributed by atoms with van der Waals surface area (Å²) in [5.41, 5.74) is 2.14. The van der Waals surface area contributed by atoms with Crippen molar-refractivity contribution in [3.63, 3.8) is 0 Å². The summed E-state index contributed by atoms with van der Waals surface area (Å²) in [6.07, 6.45) is 1.59. The topological polar surface area (TPSA) is 83.8 Å². The van der Waals surface area contributed by atoms with Gasteiger partial charge in [-0.15, -0.1) is 0 Å². The van der Waals surface area contributed by atoms with E-state index in [1.165, 1.54) is 18.1 Å². The lowest BCUT2D eigenvalue weighted by atomic mass is 9.77. The van der Waals surface area contributed by atoms with Crippen LogP contribution in [-0.2, 0) is 19.7 Å². The van der Waals surface area contributed by atoms with E-state index in [1.54, 1.807) is 0 Å². The van der Waals surface area contributed by atoms with Crippen molar-refractivity contribution < 1.29 is 24.5 Å². The summed E-state index contributed by atoms with van der Waals surface area (Å²) in [6.45, 7) is 2.57. The number of carbonyl (C=O) groups excluding carboxylic acids is 1. The van der Waals surface area contributed by atoms with Crippen LogP contribution in [0.25, 0.3) is 0 Å². The van der Waals surface area contributed by atoms with E-state index in [-0.39, 0.29) is 24.1 Å². The highest BCUT2D eigenvalue weighted by Crippen LogP contribution is 2.57. The van der Waals surface area contributed by atoms with Gasteiger partial charge in [-0.2, -0.15) is 0 Å². The van der Waals surface area contributed by atoms with Crippen molar-refractivity contribution in [3.05, 3.63) is 35.4 Å². The molecule has 3 rings (SSSR count). The summed E-state index contributed by atoms with van der Waals surface area (Å²) < 4.78 is 5.40. The minimum atomic E-state index is -0.833. The maximum absolute atomic E-state index is 11.1. The van der Waals surface area contributed by atoms with E-state index < -0.39 is 5.97 Å². The Bertz CT molecular complexity index is 549. The van der Waals surface area contributed by atoms with Crippen LogP contribution in [0.5, 0.6) is 0 Å². The van der Waals surface area contributed by atoms with Gasteiger partial charge in [-0.05, 0) is 29.9 Å². The van der Waals surface area contributed by atoms with Gasteiger partial charge in [0.15, 0.2) is 0 Å². The molecule has 0 heterocycles. The quantitative estimate of drug-likeness (QED) is 0.812. The molecule has 3 unspecified atom stereocenters. The number of benzene rings is 1. The van der Waals surface area contributed by atoms with Gasteiger partial charge < -0.3 is 14.9 Å². The lowest BCUT2D eigenvalue weighted by molar-refractivity contribution is -0.150. The normalized spacial score (nSPS) is 28.3. The first kappa shape index (κ1) is 15.5. The number of esters is 1. The molecule has 0 amide bonds. The van der Waals surface area contributed by atoms with Crippen molar-refractivity contribution in [1.82, 2.24) is 0 Å². The van der Waals surface area contributed by atoms with Crippen molar-refractivity contribution in [3.8, 4) is 0 Å². The lowest BCUT2D eigenvalue weighted by Gasteiger charge is -2.34. The molecule has 1 saturated carbocycles. The SMILES string of the molecule is CC(=O)O.CC(=O)OC1CC2CC1(CO)c1ccccc12. The second-order valence-corrected chi connectivity index (χ2v) is 5.66. The number of aliphatic hydroxyl groups excluding tert-OH is 1. The predicted octanol–water partition coefficient (Wildman–Crippen LogP) is 1.83. The summed E-state index contributed by atoms with van der Waals surface area (Å²) >= 11 is 0. The zero-order valence-electron chi connectivity index (χ0n) is 12.2. The van der Waals surface area contributed by atoms with Crippen molar-refractivity contribution in [2.75, 3.05) is 6.61 Å². The molecule has 1 fully saturated rings. The number of hydrogen-bond donors (Lipinski definition) is 2. The molecule has 2 N–H and O–H groups in total. The molecule has 21 heavy (non-hydrogen) atoms. The zero-order valence-corrected chi connectivity index (χ0v) is 12.2. The average Bonchev–Trinajstić information content (AvgIpc) is 2.92. The Morgan fingerprint density at radius 2 is 1.95 bits per heavy atom. The number of carbonyl (C=O) groups is 2. The summed E-state index contributed by atoms with van der Waals surface area (Å²) in [7, 11) is 0. The van der Waals surface area contributed by atoms with Crippen molar-refractivity contribution in [2.45, 2.75) is 44.1 Å². The maximum Gasteiger partial charge on any atom is 0.302 e. The average molecular weight is 292 g/mol. The predicted molar refractivity (Wildman–Crippen MR) is 76.0 cm³/mol. The molecule has 0 radical (unpaired) electrons. The van der Waals surface area contributed by atoms with E-state index in [4.69, 9.17) is 14.6 Å². The fraction of sp³-hybridized carbons (Fsp3) is 0.500. The highest BCUT2D eigenvalue weighted by Gasteiger charge is 2.56. The molecular formula is C16H20O5. The van der Waals surface area contributed by atoms with Crippen LogP contribution in [0.15, 0.2) is 24.3 Å². The first-order chi connectivity index (χ1) is 9.90. The first-order valence-corrected chi connectivity index (χ1v) is 6.97. The van der Waals surface area contributed by atoms with E-state index in [1.807, 2.05) is 12.1 Å².